The molecule has 0 spiro atoms. The number of phosphoric ester groups is 2. The Bertz CT molecular complexity index is 1790. The molecule has 0 aromatic carbocycles. The van der Waals surface area contributed by atoms with Crippen LogP contribution in [0.2, 0.25) is 0 Å². The maximum absolute atomic E-state index is 13.0. The molecule has 0 amide bonds. The number of hydrogen-bond acceptors (Lipinski definition) is 15. The maximum atomic E-state index is 13.0. The summed E-state index contributed by atoms with van der Waals surface area (Å²) in [5.41, 5.74) is 0. The van der Waals surface area contributed by atoms with Gasteiger partial charge >= 0.3 is 39.5 Å². The van der Waals surface area contributed by atoms with E-state index in [0.717, 1.165) is 114 Å². The van der Waals surface area contributed by atoms with E-state index >= 15 is 0 Å². The number of unbranched alkanes of at least 4 members (excludes halogenated alkanes) is 36. The second-order valence-corrected chi connectivity index (χ2v) is 29.8. The summed E-state index contributed by atoms with van der Waals surface area (Å²) in [5.74, 6) is 0.0998. The van der Waals surface area contributed by atoms with Crippen molar-refractivity contribution in [3.05, 3.63) is 0 Å². The fourth-order valence-electron chi connectivity index (χ4n) is 10.8. The van der Waals surface area contributed by atoms with E-state index in [1.807, 2.05) is 0 Å². The first-order chi connectivity index (χ1) is 43.8. The monoisotopic (exact) mass is 1340 g/mol. The fourth-order valence-corrected chi connectivity index (χ4v) is 12.4. The summed E-state index contributed by atoms with van der Waals surface area (Å²) >= 11 is 0. The van der Waals surface area contributed by atoms with E-state index in [-0.39, 0.29) is 25.7 Å². The second kappa shape index (κ2) is 62.8. The summed E-state index contributed by atoms with van der Waals surface area (Å²) in [4.78, 5) is 72.6. The number of phosphoric acid groups is 2. The number of aliphatic hydroxyl groups is 1. The van der Waals surface area contributed by atoms with Crippen LogP contribution >= 0.6 is 15.6 Å². The standard InChI is InChI=1S/C72H140O17P2/c1-8-11-12-13-14-15-16-17-18-19-20-21-22-23-24-32-41-48-55-71(76)88-67(59-82-69(74)53-46-39-31-28-26-30-37-44-51-64(6)9-2)61-86-90(78,79)84-57-66(73)58-85-91(80,81)87-62-68(60-83-70(75)54-47-40-35-34-38-45-52-65(7)10-3)89-72(77)56-49-42-33-27-25-29-36-43-50-63(4)5/h63-68,73H,8-62H2,1-7H3,(H,78,79)(H,80,81)/t64?,65?,66-,67-,68-/m1/s1. The molecule has 540 valence electrons. The van der Waals surface area contributed by atoms with Crippen LogP contribution in [0.4, 0.5) is 0 Å². The summed E-state index contributed by atoms with van der Waals surface area (Å²) in [7, 11) is -9.90. The zero-order valence-corrected chi connectivity index (χ0v) is 61.1. The Labute approximate surface area is 556 Å². The van der Waals surface area contributed by atoms with Crippen molar-refractivity contribution in [1.29, 1.82) is 0 Å². The molecule has 0 radical (unpaired) electrons. The van der Waals surface area contributed by atoms with Crippen molar-refractivity contribution >= 4 is 39.5 Å². The Hall–Kier alpha value is -1.94. The fraction of sp³-hybridized carbons (Fsp3) is 0.944. The highest BCUT2D eigenvalue weighted by Gasteiger charge is 2.30. The van der Waals surface area contributed by atoms with E-state index < -0.39 is 97.5 Å². The van der Waals surface area contributed by atoms with Crippen LogP contribution in [0.15, 0.2) is 0 Å². The minimum absolute atomic E-state index is 0.103. The van der Waals surface area contributed by atoms with Crippen molar-refractivity contribution in [2.75, 3.05) is 39.6 Å². The van der Waals surface area contributed by atoms with Gasteiger partial charge in [-0.1, -0.05) is 312 Å². The van der Waals surface area contributed by atoms with Gasteiger partial charge in [0.2, 0.25) is 0 Å². The van der Waals surface area contributed by atoms with Gasteiger partial charge in [0.05, 0.1) is 26.4 Å². The zero-order chi connectivity index (χ0) is 67.3. The van der Waals surface area contributed by atoms with Crippen molar-refractivity contribution in [1.82, 2.24) is 0 Å². The third kappa shape index (κ3) is 63.9. The van der Waals surface area contributed by atoms with Gasteiger partial charge in [0.1, 0.15) is 19.3 Å². The van der Waals surface area contributed by atoms with Gasteiger partial charge in [-0.15, -0.1) is 0 Å². The lowest BCUT2D eigenvalue weighted by molar-refractivity contribution is -0.161. The predicted molar refractivity (Wildman–Crippen MR) is 368 cm³/mol. The lowest BCUT2D eigenvalue weighted by Gasteiger charge is -2.21. The first-order valence-corrected chi connectivity index (χ1v) is 40.4. The van der Waals surface area contributed by atoms with Crippen molar-refractivity contribution in [2.45, 2.75) is 381 Å². The van der Waals surface area contributed by atoms with Crippen molar-refractivity contribution in [2.24, 2.45) is 17.8 Å². The van der Waals surface area contributed by atoms with E-state index in [0.29, 0.717) is 25.7 Å². The van der Waals surface area contributed by atoms with Crippen molar-refractivity contribution < 1.29 is 80.2 Å². The quantitative estimate of drug-likeness (QED) is 0.0222. The predicted octanol–water partition coefficient (Wildman–Crippen LogP) is 20.6. The van der Waals surface area contributed by atoms with Gasteiger partial charge in [-0.2, -0.15) is 0 Å². The van der Waals surface area contributed by atoms with Gasteiger partial charge in [0.15, 0.2) is 12.2 Å². The van der Waals surface area contributed by atoms with Gasteiger partial charge in [-0.25, -0.2) is 9.13 Å². The molecular weight excluding hydrogens is 1200 g/mol. The second-order valence-electron chi connectivity index (χ2n) is 26.9. The minimum Gasteiger partial charge on any atom is -0.462 e. The molecule has 0 saturated heterocycles. The number of carbonyl (C=O) groups is 4. The molecule has 0 aliphatic carbocycles. The molecule has 0 aliphatic heterocycles. The number of hydrogen-bond donors (Lipinski definition) is 3. The van der Waals surface area contributed by atoms with Crippen LogP contribution in [0.1, 0.15) is 363 Å². The third-order valence-corrected chi connectivity index (χ3v) is 19.3. The summed E-state index contributed by atoms with van der Waals surface area (Å²) < 4.78 is 68.3. The average Bonchev–Trinajstić information content (AvgIpc) is 3.21. The van der Waals surface area contributed by atoms with Gasteiger partial charge in [0, 0.05) is 25.7 Å². The largest absolute Gasteiger partial charge is 0.472 e. The first kappa shape index (κ1) is 89.1. The number of carbonyl (C=O) groups excluding carboxylic acids is 4. The lowest BCUT2D eigenvalue weighted by atomic mass is 9.99. The molecule has 0 aromatic heterocycles. The Balaban J connectivity index is 5.24. The number of esters is 4. The highest BCUT2D eigenvalue weighted by molar-refractivity contribution is 7.47. The number of aliphatic hydroxyl groups excluding tert-OH is 1. The van der Waals surface area contributed by atoms with Crippen LogP contribution in [0.25, 0.3) is 0 Å². The van der Waals surface area contributed by atoms with Crippen molar-refractivity contribution in [3.63, 3.8) is 0 Å². The van der Waals surface area contributed by atoms with E-state index in [9.17, 15) is 43.2 Å². The maximum Gasteiger partial charge on any atom is 0.472 e. The van der Waals surface area contributed by atoms with Gasteiger partial charge in [-0.3, -0.25) is 37.3 Å². The molecule has 7 atom stereocenters. The van der Waals surface area contributed by atoms with Crippen LogP contribution in [-0.2, 0) is 65.4 Å². The molecule has 17 nitrogen and oxygen atoms in total. The van der Waals surface area contributed by atoms with Crippen LogP contribution in [0.5, 0.6) is 0 Å². The molecule has 0 rings (SSSR count). The smallest absolute Gasteiger partial charge is 0.462 e. The highest BCUT2D eigenvalue weighted by atomic mass is 31.2. The van der Waals surface area contributed by atoms with Crippen LogP contribution in [0, 0.1) is 17.8 Å². The summed E-state index contributed by atoms with van der Waals surface area (Å²) in [6.45, 7) is 11.8. The lowest BCUT2D eigenvalue weighted by Crippen LogP contribution is -2.30. The van der Waals surface area contributed by atoms with E-state index in [1.54, 1.807) is 0 Å². The Morgan fingerprint density at radius 2 is 0.560 bits per heavy atom. The van der Waals surface area contributed by atoms with Crippen LogP contribution in [-0.4, -0.2) is 96.7 Å². The average molecular weight is 1340 g/mol. The molecule has 3 N–H and O–H groups in total. The molecule has 0 bridgehead atoms. The van der Waals surface area contributed by atoms with Crippen LogP contribution < -0.4 is 0 Å². The molecule has 0 saturated carbocycles. The van der Waals surface area contributed by atoms with Crippen molar-refractivity contribution in [3.8, 4) is 0 Å². The van der Waals surface area contributed by atoms with E-state index in [4.69, 9.17) is 37.0 Å². The topological polar surface area (TPSA) is 237 Å². The molecule has 0 fully saturated rings. The summed E-state index contributed by atoms with van der Waals surface area (Å²) in [6.07, 6.45) is 47.3. The number of rotatable bonds is 70. The molecular formula is C72H140O17P2. The van der Waals surface area contributed by atoms with Gasteiger partial charge < -0.3 is 33.8 Å². The van der Waals surface area contributed by atoms with E-state index in [2.05, 4.69) is 48.5 Å². The van der Waals surface area contributed by atoms with E-state index in [1.165, 1.54) is 167 Å². The zero-order valence-electron chi connectivity index (χ0n) is 59.3. The molecule has 0 aromatic rings. The third-order valence-electron chi connectivity index (χ3n) is 17.4. The van der Waals surface area contributed by atoms with Gasteiger partial charge in [0.25, 0.3) is 0 Å². The normalized spacial score (nSPS) is 14.8. The first-order valence-electron chi connectivity index (χ1n) is 37.4. The molecule has 91 heavy (non-hydrogen) atoms. The Kier molecular flexibility index (Phi) is 61.5. The molecule has 19 heteroatoms. The van der Waals surface area contributed by atoms with Gasteiger partial charge in [-0.05, 0) is 43.4 Å². The highest BCUT2D eigenvalue weighted by Crippen LogP contribution is 2.45. The SMILES string of the molecule is CCCCCCCCCCCCCCCCCCCCC(=O)O[C@H](COC(=O)CCCCCCCCCCC(C)CC)COP(=O)(O)OC[C@@H](O)COP(=O)(O)OC[C@@H](COC(=O)CCCCCCCCC(C)CC)OC(=O)CCCCCCCCCCC(C)C. The minimum atomic E-state index is -4.95. The Morgan fingerprint density at radius 1 is 0.319 bits per heavy atom. The number of ether oxygens (including phenoxy) is 4. The Morgan fingerprint density at radius 3 is 0.835 bits per heavy atom. The molecule has 4 unspecified atom stereocenters. The molecule has 0 aliphatic rings. The summed E-state index contributed by atoms with van der Waals surface area (Å²) in [5, 5.41) is 10.6. The summed E-state index contributed by atoms with van der Waals surface area (Å²) in [6, 6.07) is 0. The van der Waals surface area contributed by atoms with Crippen LogP contribution in [0.3, 0.4) is 0 Å². The molecule has 0 heterocycles.